The van der Waals surface area contributed by atoms with E-state index in [0.29, 0.717) is 6.04 Å². The number of rotatable bonds is 3. The van der Waals surface area contributed by atoms with Crippen LogP contribution in [-0.4, -0.2) is 24.5 Å². The number of hydrogen-bond acceptors (Lipinski definition) is 3. The monoisotopic (exact) mass is 252 g/mol. The van der Waals surface area contributed by atoms with E-state index < -0.39 is 0 Å². The van der Waals surface area contributed by atoms with E-state index in [0.717, 1.165) is 18.4 Å². The van der Waals surface area contributed by atoms with Gasteiger partial charge in [-0.05, 0) is 42.2 Å². The highest BCUT2D eigenvalue weighted by molar-refractivity contribution is 7.10. The molecule has 96 valence electrons. The lowest BCUT2D eigenvalue weighted by atomic mass is 9.90. The van der Waals surface area contributed by atoms with Gasteiger partial charge in [0.2, 0.25) is 0 Å². The van der Waals surface area contributed by atoms with Crippen molar-refractivity contribution in [3.63, 3.8) is 0 Å². The van der Waals surface area contributed by atoms with E-state index in [-0.39, 0.29) is 0 Å². The van der Waals surface area contributed by atoms with Gasteiger partial charge in [-0.2, -0.15) is 0 Å². The van der Waals surface area contributed by atoms with Crippen LogP contribution in [0, 0.1) is 18.8 Å². The first kappa shape index (κ1) is 13.1. The number of nitrogens with two attached hydrogens (primary N) is 1. The average Bonchev–Trinajstić information content (AvgIpc) is 2.65. The highest BCUT2D eigenvalue weighted by Gasteiger charge is 2.28. The minimum atomic E-state index is 0.431. The zero-order valence-corrected chi connectivity index (χ0v) is 12.0. The summed E-state index contributed by atoms with van der Waals surface area (Å²) in [7, 11) is 0. The lowest BCUT2D eigenvalue weighted by Crippen LogP contribution is -2.43. The molecule has 3 heteroatoms. The van der Waals surface area contributed by atoms with Crippen LogP contribution in [0.25, 0.3) is 0 Å². The Labute approximate surface area is 109 Å². The van der Waals surface area contributed by atoms with E-state index >= 15 is 0 Å². The molecule has 0 aromatic carbocycles. The van der Waals surface area contributed by atoms with Crippen molar-refractivity contribution in [2.45, 2.75) is 33.2 Å². The van der Waals surface area contributed by atoms with Crippen molar-refractivity contribution in [3.8, 4) is 0 Å². The largest absolute Gasteiger partial charge is 0.329 e. The summed E-state index contributed by atoms with van der Waals surface area (Å²) in [4.78, 5) is 4.06. The van der Waals surface area contributed by atoms with Crippen molar-refractivity contribution >= 4 is 11.3 Å². The number of likely N-dealkylation sites (tertiary alicyclic amines) is 1. The topological polar surface area (TPSA) is 29.3 Å². The lowest BCUT2D eigenvalue weighted by molar-refractivity contribution is 0.0997. The molecule has 2 rings (SSSR count). The molecule has 2 N–H and O–H groups in total. The Kier molecular flexibility index (Phi) is 4.23. The van der Waals surface area contributed by atoms with Gasteiger partial charge in [-0.1, -0.05) is 13.8 Å². The maximum atomic E-state index is 6.02. The molecule has 1 aromatic heterocycles. The average molecular weight is 252 g/mol. The third kappa shape index (κ3) is 2.90. The van der Waals surface area contributed by atoms with E-state index in [4.69, 9.17) is 5.73 Å². The third-order valence-corrected chi connectivity index (χ3v) is 4.89. The maximum Gasteiger partial charge on any atom is 0.0567 e. The van der Waals surface area contributed by atoms with Crippen molar-refractivity contribution in [1.82, 2.24) is 4.90 Å². The fourth-order valence-corrected chi connectivity index (χ4v) is 4.19. The Bertz CT molecular complexity index is 351. The van der Waals surface area contributed by atoms with Crippen LogP contribution < -0.4 is 5.73 Å². The Morgan fingerprint density at radius 2 is 2.06 bits per heavy atom. The van der Waals surface area contributed by atoms with Gasteiger partial charge >= 0.3 is 0 Å². The lowest BCUT2D eigenvalue weighted by Gasteiger charge is -2.39. The van der Waals surface area contributed by atoms with Crippen LogP contribution >= 0.6 is 11.3 Å². The van der Waals surface area contributed by atoms with Crippen molar-refractivity contribution in [1.29, 1.82) is 0 Å². The summed E-state index contributed by atoms with van der Waals surface area (Å²) in [5.41, 5.74) is 7.42. The molecule has 1 aliphatic heterocycles. The molecule has 1 aliphatic rings. The van der Waals surface area contributed by atoms with Crippen LogP contribution in [0.15, 0.2) is 11.4 Å². The van der Waals surface area contributed by atoms with Crippen molar-refractivity contribution in [3.05, 3.63) is 21.9 Å². The molecule has 0 aliphatic carbocycles. The number of piperidine rings is 1. The molecule has 2 nitrogen and oxygen atoms in total. The van der Waals surface area contributed by atoms with Gasteiger partial charge in [0.1, 0.15) is 0 Å². The molecule has 0 spiro atoms. The number of hydrogen-bond donors (Lipinski definition) is 1. The molecular weight excluding hydrogens is 228 g/mol. The Morgan fingerprint density at radius 3 is 2.53 bits per heavy atom. The van der Waals surface area contributed by atoms with Crippen LogP contribution in [0.1, 0.15) is 36.8 Å². The Hall–Kier alpha value is -0.380. The van der Waals surface area contributed by atoms with Gasteiger partial charge in [-0.3, -0.25) is 4.90 Å². The SMILES string of the molecule is Cc1ccsc1C(CN)N1CC(C)CC(C)C1. The second-order valence-corrected chi connectivity index (χ2v) is 6.57. The van der Waals surface area contributed by atoms with Crippen LogP contribution in [0.3, 0.4) is 0 Å². The first-order valence-electron chi connectivity index (χ1n) is 6.60. The van der Waals surface area contributed by atoms with E-state index in [2.05, 4.69) is 37.1 Å². The molecule has 2 heterocycles. The first-order valence-corrected chi connectivity index (χ1v) is 7.48. The van der Waals surface area contributed by atoms with E-state index in [1.165, 1.54) is 30.0 Å². The fourth-order valence-electron chi connectivity index (χ4n) is 3.11. The summed E-state index contributed by atoms with van der Waals surface area (Å²) in [6.45, 7) is 10.0. The first-order chi connectivity index (χ1) is 8.11. The van der Waals surface area contributed by atoms with Gasteiger partial charge in [0.05, 0.1) is 6.04 Å². The van der Waals surface area contributed by atoms with Crippen LogP contribution in [0.5, 0.6) is 0 Å². The van der Waals surface area contributed by atoms with Gasteiger partial charge in [0.15, 0.2) is 0 Å². The van der Waals surface area contributed by atoms with Gasteiger partial charge in [0.25, 0.3) is 0 Å². The highest BCUT2D eigenvalue weighted by Crippen LogP contribution is 2.32. The molecule has 0 amide bonds. The third-order valence-electron chi connectivity index (χ3n) is 3.77. The quantitative estimate of drug-likeness (QED) is 0.896. The minimum Gasteiger partial charge on any atom is -0.329 e. The molecule has 3 atom stereocenters. The molecule has 1 saturated heterocycles. The summed E-state index contributed by atoms with van der Waals surface area (Å²) in [5, 5.41) is 2.18. The predicted molar refractivity (Wildman–Crippen MR) is 75.4 cm³/mol. The number of nitrogens with zero attached hydrogens (tertiary/aromatic N) is 1. The van der Waals surface area contributed by atoms with Crippen LogP contribution in [0.2, 0.25) is 0 Å². The van der Waals surface area contributed by atoms with Gasteiger partial charge in [-0.15, -0.1) is 11.3 Å². The van der Waals surface area contributed by atoms with Crippen molar-refractivity contribution in [2.75, 3.05) is 19.6 Å². The Balaban J connectivity index is 2.15. The van der Waals surface area contributed by atoms with Crippen molar-refractivity contribution in [2.24, 2.45) is 17.6 Å². The molecule has 3 unspecified atom stereocenters. The van der Waals surface area contributed by atoms with E-state index in [9.17, 15) is 0 Å². The molecular formula is C14H24N2S. The van der Waals surface area contributed by atoms with E-state index in [1.807, 2.05) is 11.3 Å². The Morgan fingerprint density at radius 1 is 1.41 bits per heavy atom. The minimum absolute atomic E-state index is 0.431. The maximum absolute atomic E-state index is 6.02. The highest BCUT2D eigenvalue weighted by atomic mass is 32.1. The molecule has 17 heavy (non-hydrogen) atoms. The fraction of sp³-hybridized carbons (Fsp3) is 0.714. The van der Waals surface area contributed by atoms with Gasteiger partial charge in [0, 0.05) is 24.5 Å². The summed E-state index contributed by atoms with van der Waals surface area (Å²) >= 11 is 1.86. The smallest absolute Gasteiger partial charge is 0.0567 e. The second-order valence-electron chi connectivity index (χ2n) is 5.62. The second kappa shape index (κ2) is 5.51. The van der Waals surface area contributed by atoms with Crippen LogP contribution in [-0.2, 0) is 0 Å². The zero-order valence-electron chi connectivity index (χ0n) is 11.1. The van der Waals surface area contributed by atoms with Gasteiger partial charge < -0.3 is 5.73 Å². The summed E-state index contributed by atoms with van der Waals surface area (Å²) in [5.74, 6) is 1.60. The molecule has 0 radical (unpaired) electrons. The zero-order chi connectivity index (χ0) is 12.4. The summed E-state index contributed by atoms with van der Waals surface area (Å²) in [6, 6.07) is 2.64. The predicted octanol–water partition coefficient (Wildman–Crippen LogP) is 3.03. The molecule has 0 bridgehead atoms. The number of thiophene rings is 1. The van der Waals surface area contributed by atoms with Crippen LogP contribution in [0.4, 0.5) is 0 Å². The molecule has 0 saturated carbocycles. The van der Waals surface area contributed by atoms with E-state index in [1.54, 1.807) is 0 Å². The standard InChI is InChI=1S/C14H24N2S/c1-10-6-11(2)9-16(8-10)13(7-15)14-12(3)4-5-17-14/h4-5,10-11,13H,6-9,15H2,1-3H3. The normalized spacial score (nSPS) is 28.2. The van der Waals surface area contributed by atoms with Gasteiger partial charge in [-0.25, -0.2) is 0 Å². The molecule has 1 aromatic rings. The summed E-state index contributed by atoms with van der Waals surface area (Å²) in [6.07, 6.45) is 1.36. The summed E-state index contributed by atoms with van der Waals surface area (Å²) < 4.78 is 0. The number of aryl methyl sites for hydroxylation is 1. The van der Waals surface area contributed by atoms with Crippen molar-refractivity contribution < 1.29 is 0 Å². The molecule has 1 fully saturated rings.